The molecule has 20 heavy (non-hydrogen) atoms. The van der Waals surface area contributed by atoms with Crippen LogP contribution in [0.5, 0.6) is 0 Å². The molecule has 0 aromatic heterocycles. The van der Waals surface area contributed by atoms with Gasteiger partial charge in [0.1, 0.15) is 0 Å². The molecule has 3 amide bonds. The SMILES string of the molecule is CCNC(=O)NC(=O)C(C)N(C)C(C)c1ccccc1. The van der Waals surface area contributed by atoms with Crippen molar-refractivity contribution < 1.29 is 9.59 Å². The number of rotatable bonds is 5. The van der Waals surface area contributed by atoms with Crippen LogP contribution in [0.3, 0.4) is 0 Å². The van der Waals surface area contributed by atoms with Crippen molar-refractivity contribution in [1.29, 1.82) is 0 Å². The second-order valence-electron chi connectivity index (χ2n) is 4.78. The normalized spacial score (nSPS) is 13.7. The topological polar surface area (TPSA) is 61.4 Å². The van der Waals surface area contributed by atoms with E-state index in [1.165, 1.54) is 0 Å². The third kappa shape index (κ3) is 4.35. The molecule has 2 atom stereocenters. The molecule has 0 radical (unpaired) electrons. The Labute approximate surface area is 120 Å². The van der Waals surface area contributed by atoms with Gasteiger partial charge in [0.25, 0.3) is 0 Å². The molecule has 0 saturated heterocycles. The first-order valence-electron chi connectivity index (χ1n) is 6.83. The first-order chi connectivity index (χ1) is 9.47. The summed E-state index contributed by atoms with van der Waals surface area (Å²) >= 11 is 0. The average Bonchev–Trinajstić information content (AvgIpc) is 2.46. The molecule has 0 spiro atoms. The monoisotopic (exact) mass is 277 g/mol. The maximum absolute atomic E-state index is 12.0. The fourth-order valence-corrected chi connectivity index (χ4v) is 1.91. The van der Waals surface area contributed by atoms with Crippen LogP contribution in [0.15, 0.2) is 30.3 Å². The summed E-state index contributed by atoms with van der Waals surface area (Å²) in [4.78, 5) is 25.3. The summed E-state index contributed by atoms with van der Waals surface area (Å²) in [6.45, 7) is 6.11. The third-order valence-corrected chi connectivity index (χ3v) is 3.46. The van der Waals surface area contributed by atoms with Crippen LogP contribution in [0.25, 0.3) is 0 Å². The molecule has 0 heterocycles. The molecule has 0 fully saturated rings. The highest BCUT2D eigenvalue weighted by molar-refractivity contribution is 5.96. The van der Waals surface area contributed by atoms with Gasteiger partial charge in [-0.25, -0.2) is 4.79 Å². The van der Waals surface area contributed by atoms with Gasteiger partial charge in [-0.05, 0) is 33.4 Å². The molecule has 0 bridgehead atoms. The number of nitrogens with zero attached hydrogens (tertiary/aromatic N) is 1. The summed E-state index contributed by atoms with van der Waals surface area (Å²) < 4.78 is 0. The van der Waals surface area contributed by atoms with Gasteiger partial charge in [-0.3, -0.25) is 15.0 Å². The highest BCUT2D eigenvalue weighted by Gasteiger charge is 2.24. The number of imide groups is 1. The maximum atomic E-state index is 12.0. The lowest BCUT2D eigenvalue weighted by atomic mass is 10.1. The summed E-state index contributed by atoms with van der Waals surface area (Å²) in [5, 5.41) is 4.88. The van der Waals surface area contributed by atoms with Crippen LogP contribution >= 0.6 is 0 Å². The van der Waals surface area contributed by atoms with E-state index in [0.29, 0.717) is 6.54 Å². The molecule has 2 unspecified atom stereocenters. The number of likely N-dealkylation sites (N-methyl/N-ethyl adjacent to an activating group) is 1. The Morgan fingerprint density at radius 2 is 1.80 bits per heavy atom. The van der Waals surface area contributed by atoms with Gasteiger partial charge in [0.05, 0.1) is 6.04 Å². The van der Waals surface area contributed by atoms with Crippen molar-refractivity contribution in [1.82, 2.24) is 15.5 Å². The van der Waals surface area contributed by atoms with E-state index in [4.69, 9.17) is 0 Å². The zero-order valence-corrected chi connectivity index (χ0v) is 12.5. The second kappa shape index (κ2) is 7.65. The minimum Gasteiger partial charge on any atom is -0.338 e. The van der Waals surface area contributed by atoms with Gasteiger partial charge in [-0.2, -0.15) is 0 Å². The van der Waals surface area contributed by atoms with Crippen molar-refractivity contribution in [3.05, 3.63) is 35.9 Å². The van der Waals surface area contributed by atoms with Crippen molar-refractivity contribution in [2.45, 2.75) is 32.9 Å². The standard InChI is InChI=1S/C15H23N3O2/c1-5-16-15(20)17-14(19)12(3)18(4)11(2)13-9-7-6-8-10-13/h6-12H,5H2,1-4H3,(H2,16,17,19,20). The molecule has 2 N–H and O–H groups in total. The summed E-state index contributed by atoms with van der Waals surface area (Å²) in [6.07, 6.45) is 0. The fourth-order valence-electron chi connectivity index (χ4n) is 1.91. The highest BCUT2D eigenvalue weighted by Crippen LogP contribution is 2.20. The number of carbonyl (C=O) groups excluding carboxylic acids is 2. The molecule has 5 nitrogen and oxygen atoms in total. The Morgan fingerprint density at radius 3 is 2.35 bits per heavy atom. The van der Waals surface area contributed by atoms with Crippen molar-refractivity contribution in [3.63, 3.8) is 0 Å². The summed E-state index contributed by atoms with van der Waals surface area (Å²) in [7, 11) is 1.87. The van der Waals surface area contributed by atoms with E-state index in [1.807, 2.05) is 49.2 Å². The lowest BCUT2D eigenvalue weighted by Gasteiger charge is -2.30. The van der Waals surface area contributed by atoms with Crippen LogP contribution in [0.2, 0.25) is 0 Å². The predicted molar refractivity (Wildman–Crippen MR) is 79.3 cm³/mol. The van der Waals surface area contributed by atoms with E-state index < -0.39 is 12.1 Å². The predicted octanol–water partition coefficient (Wildman–Crippen LogP) is 1.91. The molecular formula is C15H23N3O2. The fraction of sp³-hybridized carbons (Fsp3) is 0.467. The van der Waals surface area contributed by atoms with Crippen LogP contribution in [-0.4, -0.2) is 36.5 Å². The molecule has 0 saturated carbocycles. The van der Waals surface area contributed by atoms with Crippen molar-refractivity contribution >= 4 is 11.9 Å². The van der Waals surface area contributed by atoms with Crippen molar-refractivity contribution in [2.75, 3.05) is 13.6 Å². The van der Waals surface area contributed by atoms with E-state index in [2.05, 4.69) is 10.6 Å². The maximum Gasteiger partial charge on any atom is 0.321 e. The minimum absolute atomic E-state index is 0.0891. The first-order valence-corrected chi connectivity index (χ1v) is 6.83. The number of urea groups is 1. The summed E-state index contributed by atoms with van der Waals surface area (Å²) in [6, 6.07) is 9.19. The quantitative estimate of drug-likeness (QED) is 0.864. The smallest absolute Gasteiger partial charge is 0.321 e. The second-order valence-corrected chi connectivity index (χ2v) is 4.78. The van der Waals surface area contributed by atoms with E-state index in [-0.39, 0.29) is 11.9 Å². The largest absolute Gasteiger partial charge is 0.338 e. The van der Waals surface area contributed by atoms with Gasteiger partial charge < -0.3 is 5.32 Å². The van der Waals surface area contributed by atoms with Gasteiger partial charge in [-0.15, -0.1) is 0 Å². The minimum atomic E-state index is -0.454. The van der Waals surface area contributed by atoms with E-state index in [9.17, 15) is 9.59 Å². The van der Waals surface area contributed by atoms with Gasteiger partial charge in [0, 0.05) is 12.6 Å². The first kappa shape index (κ1) is 16.2. The Hall–Kier alpha value is -1.88. The molecule has 1 aromatic rings. The van der Waals surface area contributed by atoms with Gasteiger partial charge in [0.2, 0.25) is 5.91 Å². The number of amides is 3. The number of hydrogen-bond donors (Lipinski definition) is 2. The molecular weight excluding hydrogens is 254 g/mol. The van der Waals surface area contributed by atoms with Crippen LogP contribution in [0.1, 0.15) is 32.4 Å². The number of nitrogens with one attached hydrogen (secondary N) is 2. The zero-order chi connectivity index (χ0) is 15.1. The molecule has 0 aliphatic rings. The lowest BCUT2D eigenvalue weighted by molar-refractivity contribution is -0.125. The Bertz CT molecular complexity index is 448. The van der Waals surface area contributed by atoms with E-state index in [0.717, 1.165) is 5.56 Å². The summed E-state index contributed by atoms with van der Waals surface area (Å²) in [5.74, 6) is -0.304. The Kier molecular flexibility index (Phi) is 6.18. The molecule has 110 valence electrons. The number of carbonyl (C=O) groups is 2. The third-order valence-electron chi connectivity index (χ3n) is 3.46. The molecule has 0 aliphatic carbocycles. The molecule has 1 rings (SSSR count). The molecule has 0 aliphatic heterocycles. The average molecular weight is 277 g/mol. The highest BCUT2D eigenvalue weighted by atomic mass is 16.2. The van der Waals surface area contributed by atoms with Crippen LogP contribution in [-0.2, 0) is 4.79 Å². The van der Waals surface area contributed by atoms with Crippen LogP contribution < -0.4 is 10.6 Å². The van der Waals surface area contributed by atoms with Gasteiger partial charge >= 0.3 is 6.03 Å². The molecule has 1 aromatic carbocycles. The molecule has 5 heteroatoms. The Balaban J connectivity index is 2.64. The van der Waals surface area contributed by atoms with Gasteiger partial charge in [0.15, 0.2) is 0 Å². The summed E-state index contributed by atoms with van der Waals surface area (Å²) in [5.41, 5.74) is 1.13. The van der Waals surface area contributed by atoms with Crippen LogP contribution in [0.4, 0.5) is 4.79 Å². The van der Waals surface area contributed by atoms with Gasteiger partial charge in [-0.1, -0.05) is 30.3 Å². The van der Waals surface area contributed by atoms with Crippen molar-refractivity contribution in [2.24, 2.45) is 0 Å². The van der Waals surface area contributed by atoms with E-state index in [1.54, 1.807) is 13.8 Å². The zero-order valence-electron chi connectivity index (χ0n) is 12.5. The Morgan fingerprint density at radius 1 is 1.20 bits per heavy atom. The number of hydrogen-bond acceptors (Lipinski definition) is 3. The lowest BCUT2D eigenvalue weighted by Crippen LogP contribution is -2.49. The van der Waals surface area contributed by atoms with Crippen molar-refractivity contribution in [3.8, 4) is 0 Å². The number of benzene rings is 1. The van der Waals surface area contributed by atoms with Crippen LogP contribution in [0, 0.1) is 0 Å². The van der Waals surface area contributed by atoms with E-state index >= 15 is 0 Å².